The molecular weight excluding hydrogens is 268 g/mol. The molecule has 0 aliphatic rings. The van der Waals surface area contributed by atoms with E-state index in [9.17, 15) is 22.4 Å². The number of ether oxygens (including phenoxy) is 1. The number of halogens is 4. The molecule has 0 radical (unpaired) electrons. The van der Waals surface area contributed by atoms with Gasteiger partial charge in [-0.15, -0.1) is 0 Å². The molecule has 19 heavy (non-hydrogen) atoms. The highest BCUT2D eigenvalue weighted by Crippen LogP contribution is 2.28. The van der Waals surface area contributed by atoms with Crippen molar-refractivity contribution in [2.75, 3.05) is 0 Å². The van der Waals surface area contributed by atoms with Gasteiger partial charge in [-0.25, -0.2) is 4.79 Å². The van der Waals surface area contributed by atoms with Gasteiger partial charge < -0.3 is 9.84 Å². The smallest absolute Gasteiger partial charge is 0.461 e. The lowest BCUT2D eigenvalue weighted by Crippen LogP contribution is -2.33. The molecule has 0 heterocycles. The minimum atomic E-state index is -4.59. The first-order valence-electron chi connectivity index (χ1n) is 5.09. The molecule has 1 aromatic rings. The Morgan fingerprint density at radius 1 is 1.42 bits per heavy atom. The van der Waals surface area contributed by atoms with Gasteiger partial charge in [-0.05, 0) is 30.7 Å². The van der Waals surface area contributed by atoms with Gasteiger partial charge in [0.1, 0.15) is 5.75 Å². The van der Waals surface area contributed by atoms with Crippen LogP contribution in [0.15, 0.2) is 29.8 Å². The first-order valence-corrected chi connectivity index (χ1v) is 5.09. The summed E-state index contributed by atoms with van der Waals surface area (Å²) in [4.78, 5) is 10.6. The van der Waals surface area contributed by atoms with E-state index in [-0.39, 0.29) is 11.1 Å². The Hall–Kier alpha value is -2.05. The molecule has 0 spiro atoms. The first-order chi connectivity index (χ1) is 8.72. The van der Waals surface area contributed by atoms with E-state index in [0.717, 1.165) is 12.1 Å². The molecule has 0 aliphatic heterocycles. The van der Waals surface area contributed by atoms with Crippen molar-refractivity contribution >= 4 is 12.0 Å². The van der Waals surface area contributed by atoms with E-state index in [1.807, 2.05) is 0 Å². The second-order valence-corrected chi connectivity index (χ2v) is 3.67. The van der Waals surface area contributed by atoms with E-state index in [0.29, 0.717) is 0 Å². The molecule has 0 atom stereocenters. The first kappa shape index (κ1) is 15.0. The molecule has 0 bridgehead atoms. The molecule has 0 unspecified atom stereocenters. The fourth-order valence-electron chi connectivity index (χ4n) is 1.18. The number of hydrogen-bond donors (Lipinski definition) is 1. The molecule has 0 fully saturated rings. The van der Waals surface area contributed by atoms with Crippen molar-refractivity contribution in [3.05, 3.63) is 35.4 Å². The molecule has 1 aromatic carbocycles. The van der Waals surface area contributed by atoms with E-state index in [1.165, 1.54) is 25.1 Å². The van der Waals surface area contributed by atoms with Gasteiger partial charge in [0.25, 0.3) is 0 Å². The lowest BCUT2D eigenvalue weighted by molar-refractivity contribution is -0.253. The van der Waals surface area contributed by atoms with E-state index in [2.05, 4.69) is 4.74 Å². The van der Waals surface area contributed by atoms with E-state index >= 15 is 0 Å². The highest BCUT2D eigenvalue weighted by atomic mass is 19.3. The summed E-state index contributed by atoms with van der Waals surface area (Å²) in [6.07, 6.45) is -7.34. The van der Waals surface area contributed by atoms with E-state index in [4.69, 9.17) is 5.11 Å². The summed E-state index contributed by atoms with van der Waals surface area (Å²) in [5.41, 5.74) is 0.222. The van der Waals surface area contributed by atoms with Gasteiger partial charge in [-0.1, -0.05) is 12.1 Å². The number of aliphatic carboxylic acids is 1. The van der Waals surface area contributed by atoms with Gasteiger partial charge in [0.15, 0.2) is 0 Å². The molecule has 0 aliphatic carbocycles. The monoisotopic (exact) mass is 278 g/mol. The summed E-state index contributed by atoms with van der Waals surface area (Å²) in [5.74, 6) is -1.65. The van der Waals surface area contributed by atoms with Crippen LogP contribution in [-0.4, -0.2) is 23.6 Å². The molecule has 0 saturated heterocycles. The fourth-order valence-corrected chi connectivity index (χ4v) is 1.18. The quantitative estimate of drug-likeness (QED) is 0.663. The van der Waals surface area contributed by atoms with Crippen molar-refractivity contribution < 1.29 is 32.2 Å². The average molecular weight is 278 g/mol. The van der Waals surface area contributed by atoms with Gasteiger partial charge in [0.2, 0.25) is 0 Å². The Kier molecular flexibility index (Phi) is 4.52. The van der Waals surface area contributed by atoms with Crippen LogP contribution in [0.3, 0.4) is 0 Å². The number of hydrogen-bond acceptors (Lipinski definition) is 2. The third kappa shape index (κ3) is 4.27. The zero-order chi connectivity index (χ0) is 14.6. The van der Waals surface area contributed by atoms with Gasteiger partial charge >= 0.3 is 18.5 Å². The maximum absolute atomic E-state index is 12.7. The number of benzene rings is 1. The van der Waals surface area contributed by atoms with Crippen LogP contribution in [0.1, 0.15) is 12.5 Å². The zero-order valence-corrected chi connectivity index (χ0v) is 9.74. The van der Waals surface area contributed by atoms with Crippen LogP contribution in [0.5, 0.6) is 5.75 Å². The summed E-state index contributed by atoms with van der Waals surface area (Å²) >= 11 is 0. The van der Waals surface area contributed by atoms with Crippen LogP contribution < -0.4 is 4.74 Å². The highest BCUT2D eigenvalue weighted by molar-refractivity contribution is 5.91. The topological polar surface area (TPSA) is 46.5 Å². The summed E-state index contributed by atoms with van der Waals surface area (Å²) in [5, 5.41) is 8.65. The van der Waals surface area contributed by atoms with Crippen LogP contribution in [-0.2, 0) is 4.79 Å². The van der Waals surface area contributed by atoms with Gasteiger partial charge in [0, 0.05) is 5.57 Å². The maximum Gasteiger partial charge on any atom is 0.461 e. The summed E-state index contributed by atoms with van der Waals surface area (Å²) in [6, 6.07) is 4.84. The lowest BCUT2D eigenvalue weighted by Gasteiger charge is -2.16. The predicted octanol–water partition coefficient (Wildman–Crippen LogP) is 3.41. The van der Waals surface area contributed by atoms with Crippen molar-refractivity contribution in [3.63, 3.8) is 0 Å². The molecule has 1 rings (SSSR count). The normalized spacial score (nSPS) is 12.6. The van der Waals surface area contributed by atoms with E-state index < -0.39 is 24.3 Å². The minimum Gasteiger partial charge on any atom is -0.478 e. The molecule has 0 aromatic heterocycles. The molecule has 0 amide bonds. The standard InChI is InChI=1S/C12H10F4O3/c1-7(10(17)18)5-8-3-2-4-9(6-8)19-12(15,16)11(13)14/h2-6,11H,1H3,(H,17,18)/b7-5+. The fraction of sp³-hybridized carbons (Fsp3) is 0.250. The molecule has 0 saturated carbocycles. The molecule has 7 heteroatoms. The van der Waals surface area contributed by atoms with Crippen molar-refractivity contribution in [3.8, 4) is 5.75 Å². The number of rotatable bonds is 5. The highest BCUT2D eigenvalue weighted by Gasteiger charge is 2.43. The van der Waals surface area contributed by atoms with Crippen molar-refractivity contribution in [1.29, 1.82) is 0 Å². The van der Waals surface area contributed by atoms with Crippen LogP contribution in [0, 0.1) is 0 Å². The largest absolute Gasteiger partial charge is 0.478 e. The van der Waals surface area contributed by atoms with Gasteiger partial charge in [-0.2, -0.15) is 17.6 Å². The molecule has 3 nitrogen and oxygen atoms in total. The Bertz CT molecular complexity index is 498. The van der Waals surface area contributed by atoms with Crippen molar-refractivity contribution in [1.82, 2.24) is 0 Å². The minimum absolute atomic E-state index is 0.0298. The third-order valence-corrected chi connectivity index (χ3v) is 2.09. The Balaban J connectivity index is 2.96. The molecular formula is C12H10F4O3. The number of carbonyl (C=O) groups is 1. The van der Waals surface area contributed by atoms with Gasteiger partial charge in [-0.3, -0.25) is 0 Å². The number of alkyl halides is 4. The summed E-state index contributed by atoms with van der Waals surface area (Å²) in [7, 11) is 0. The Morgan fingerprint density at radius 3 is 2.58 bits per heavy atom. The zero-order valence-electron chi connectivity index (χ0n) is 9.74. The van der Waals surface area contributed by atoms with Crippen molar-refractivity contribution in [2.45, 2.75) is 19.5 Å². The second kappa shape index (κ2) is 5.73. The summed E-state index contributed by atoms with van der Waals surface area (Å²) in [6.45, 7) is 1.31. The second-order valence-electron chi connectivity index (χ2n) is 3.67. The summed E-state index contributed by atoms with van der Waals surface area (Å²) < 4.78 is 53.1. The van der Waals surface area contributed by atoms with Crippen LogP contribution in [0.25, 0.3) is 6.08 Å². The molecule has 104 valence electrons. The molecule has 1 N–H and O–H groups in total. The number of carboxylic acids is 1. The van der Waals surface area contributed by atoms with Gasteiger partial charge in [0.05, 0.1) is 0 Å². The lowest BCUT2D eigenvalue weighted by atomic mass is 10.1. The van der Waals surface area contributed by atoms with E-state index in [1.54, 1.807) is 0 Å². The Morgan fingerprint density at radius 2 is 2.05 bits per heavy atom. The maximum atomic E-state index is 12.7. The number of carboxylic acid groups (broad SMARTS) is 1. The van der Waals surface area contributed by atoms with Crippen LogP contribution in [0.4, 0.5) is 17.6 Å². The van der Waals surface area contributed by atoms with Crippen LogP contribution >= 0.6 is 0 Å². The third-order valence-electron chi connectivity index (χ3n) is 2.09. The van der Waals surface area contributed by atoms with Crippen LogP contribution in [0.2, 0.25) is 0 Å². The predicted molar refractivity (Wildman–Crippen MR) is 59.3 cm³/mol. The Labute approximate surface area is 106 Å². The average Bonchev–Trinajstić information content (AvgIpc) is 2.28. The SMILES string of the molecule is C/C(=C\c1cccc(OC(F)(F)C(F)F)c1)C(=O)O. The van der Waals surface area contributed by atoms with Crippen molar-refractivity contribution in [2.24, 2.45) is 0 Å².